The number of primary amides is 1. The fourth-order valence-electron chi connectivity index (χ4n) is 3.07. The molecule has 132 valence electrons. The van der Waals surface area contributed by atoms with Gasteiger partial charge in [-0.1, -0.05) is 19.9 Å². The third-order valence-electron chi connectivity index (χ3n) is 4.11. The lowest BCUT2D eigenvalue weighted by molar-refractivity contribution is 0.100. The highest BCUT2D eigenvalue weighted by Gasteiger charge is 2.25. The van der Waals surface area contributed by atoms with E-state index in [9.17, 15) is 9.59 Å². The highest BCUT2D eigenvalue weighted by Crippen LogP contribution is 2.38. The van der Waals surface area contributed by atoms with Crippen molar-refractivity contribution < 1.29 is 9.59 Å². The number of thioether (sulfide) groups is 1. The summed E-state index contributed by atoms with van der Waals surface area (Å²) in [6.45, 7) is 4.24. The molecule has 0 aliphatic heterocycles. The monoisotopic (exact) mass is 374 g/mol. The number of anilines is 1. The Bertz CT molecular complexity index is 812. The Balaban J connectivity index is 1.86. The first-order valence-corrected chi connectivity index (χ1v) is 10.2. The molecular weight excluding hydrogens is 352 g/mol. The van der Waals surface area contributed by atoms with Crippen LogP contribution in [0.2, 0.25) is 0 Å². The zero-order valence-corrected chi connectivity index (χ0v) is 16.1. The first kappa shape index (κ1) is 18.0. The Hall–Kier alpha value is -1.79. The molecule has 2 aromatic rings. The Labute approximate surface area is 156 Å². The van der Waals surface area contributed by atoms with E-state index in [0.29, 0.717) is 21.4 Å². The van der Waals surface area contributed by atoms with Gasteiger partial charge in [0.2, 0.25) is 0 Å². The smallest absolute Gasteiger partial charge is 0.256 e. The first-order chi connectivity index (χ1) is 12.0. The summed E-state index contributed by atoms with van der Waals surface area (Å²) in [5.74, 6) is -0.661. The molecule has 0 radical (unpaired) electrons. The van der Waals surface area contributed by atoms with Crippen molar-refractivity contribution in [2.45, 2.75) is 49.7 Å². The number of hydrogen-bond acceptors (Lipinski definition) is 4. The lowest BCUT2D eigenvalue weighted by Crippen LogP contribution is -2.18. The van der Waals surface area contributed by atoms with Gasteiger partial charge < -0.3 is 11.1 Å². The fourth-order valence-corrected chi connectivity index (χ4v) is 5.26. The molecule has 1 heterocycles. The number of rotatable bonds is 5. The van der Waals surface area contributed by atoms with Crippen molar-refractivity contribution in [2.75, 3.05) is 5.32 Å². The van der Waals surface area contributed by atoms with Gasteiger partial charge in [-0.3, -0.25) is 9.59 Å². The van der Waals surface area contributed by atoms with Crippen LogP contribution in [-0.2, 0) is 12.8 Å². The quantitative estimate of drug-likeness (QED) is 0.758. The van der Waals surface area contributed by atoms with E-state index in [2.05, 4.69) is 19.2 Å². The molecule has 1 aliphatic carbocycles. The number of carbonyl (C=O) groups is 2. The van der Waals surface area contributed by atoms with Crippen LogP contribution in [0.5, 0.6) is 0 Å². The summed E-state index contributed by atoms with van der Waals surface area (Å²) in [5, 5.41) is 3.95. The Kier molecular flexibility index (Phi) is 5.49. The molecule has 1 aromatic heterocycles. The normalized spacial score (nSPS) is 13.6. The van der Waals surface area contributed by atoms with Crippen molar-refractivity contribution in [3.8, 4) is 0 Å². The molecule has 3 rings (SSSR count). The highest BCUT2D eigenvalue weighted by atomic mass is 32.2. The van der Waals surface area contributed by atoms with E-state index in [1.807, 2.05) is 18.2 Å². The molecule has 0 saturated carbocycles. The van der Waals surface area contributed by atoms with Crippen LogP contribution >= 0.6 is 23.1 Å². The van der Waals surface area contributed by atoms with Gasteiger partial charge >= 0.3 is 0 Å². The van der Waals surface area contributed by atoms with Crippen LogP contribution in [0.1, 0.15) is 57.8 Å². The number of nitrogens with two attached hydrogens (primary N) is 1. The minimum Gasteiger partial charge on any atom is -0.365 e. The van der Waals surface area contributed by atoms with Crippen LogP contribution in [0.15, 0.2) is 29.2 Å². The minimum atomic E-state index is -0.459. The van der Waals surface area contributed by atoms with Crippen molar-refractivity contribution >= 4 is 39.9 Å². The molecule has 25 heavy (non-hydrogen) atoms. The minimum absolute atomic E-state index is 0.202. The molecule has 3 N–H and O–H groups in total. The van der Waals surface area contributed by atoms with Gasteiger partial charge in [0.1, 0.15) is 5.00 Å². The third-order valence-corrected chi connectivity index (χ3v) is 6.32. The first-order valence-electron chi connectivity index (χ1n) is 8.48. The number of amides is 2. The van der Waals surface area contributed by atoms with Gasteiger partial charge in [0.25, 0.3) is 11.8 Å². The second-order valence-electron chi connectivity index (χ2n) is 6.43. The predicted octanol–water partition coefficient (Wildman–Crippen LogP) is 4.48. The lowest BCUT2D eigenvalue weighted by Gasteiger charge is -2.11. The zero-order chi connectivity index (χ0) is 18.0. The van der Waals surface area contributed by atoms with Crippen molar-refractivity contribution in [1.29, 1.82) is 0 Å². The van der Waals surface area contributed by atoms with E-state index in [1.54, 1.807) is 17.8 Å². The number of benzene rings is 1. The zero-order valence-electron chi connectivity index (χ0n) is 14.4. The standard InChI is InChI=1S/C19H22N2O2S2/c1-11(2)24-13-7-5-6-12(10-13)18(23)21-19-16(17(20)22)14-8-3-4-9-15(14)25-19/h5-7,10-11H,3-4,8-9H2,1-2H3,(H2,20,22)(H,21,23). The molecule has 0 saturated heterocycles. The van der Waals surface area contributed by atoms with Crippen LogP contribution < -0.4 is 11.1 Å². The summed E-state index contributed by atoms with van der Waals surface area (Å²) < 4.78 is 0. The van der Waals surface area contributed by atoms with E-state index in [4.69, 9.17) is 5.73 Å². The molecule has 6 heteroatoms. The predicted molar refractivity (Wildman–Crippen MR) is 105 cm³/mol. The van der Waals surface area contributed by atoms with Crippen LogP contribution in [0.3, 0.4) is 0 Å². The average Bonchev–Trinajstić information content (AvgIpc) is 2.92. The number of carbonyl (C=O) groups excluding carboxylic acids is 2. The second-order valence-corrected chi connectivity index (χ2v) is 9.18. The number of thiophene rings is 1. The lowest BCUT2D eigenvalue weighted by atomic mass is 9.95. The highest BCUT2D eigenvalue weighted by molar-refractivity contribution is 7.99. The van der Waals surface area contributed by atoms with Gasteiger partial charge in [-0.05, 0) is 49.4 Å². The van der Waals surface area contributed by atoms with Crippen molar-refractivity contribution in [3.05, 3.63) is 45.8 Å². The summed E-state index contributed by atoms with van der Waals surface area (Å²) in [6, 6.07) is 7.56. The summed E-state index contributed by atoms with van der Waals surface area (Å²) in [4.78, 5) is 26.8. The van der Waals surface area contributed by atoms with Gasteiger partial charge in [0, 0.05) is 20.6 Å². The summed E-state index contributed by atoms with van der Waals surface area (Å²) in [6.07, 6.45) is 4.00. The Morgan fingerprint density at radius 1 is 1.24 bits per heavy atom. The van der Waals surface area contributed by atoms with Gasteiger partial charge in [-0.25, -0.2) is 0 Å². The van der Waals surface area contributed by atoms with Crippen molar-refractivity contribution in [2.24, 2.45) is 5.73 Å². The number of hydrogen-bond donors (Lipinski definition) is 2. The van der Waals surface area contributed by atoms with Crippen LogP contribution in [0.25, 0.3) is 0 Å². The molecule has 1 aromatic carbocycles. The molecule has 0 fully saturated rings. The van der Waals surface area contributed by atoms with Gasteiger partial charge in [-0.2, -0.15) is 0 Å². The Morgan fingerprint density at radius 3 is 2.72 bits per heavy atom. The molecule has 4 nitrogen and oxygen atoms in total. The van der Waals surface area contributed by atoms with E-state index >= 15 is 0 Å². The van der Waals surface area contributed by atoms with E-state index in [1.165, 1.54) is 16.2 Å². The maximum absolute atomic E-state index is 12.7. The topological polar surface area (TPSA) is 72.2 Å². The SMILES string of the molecule is CC(C)Sc1cccc(C(=O)Nc2sc3c(c2C(N)=O)CCCC3)c1. The van der Waals surface area contributed by atoms with Crippen molar-refractivity contribution in [1.82, 2.24) is 0 Å². The summed E-state index contributed by atoms with van der Waals surface area (Å²) >= 11 is 3.21. The van der Waals surface area contributed by atoms with E-state index in [0.717, 1.165) is 36.1 Å². The molecule has 0 bridgehead atoms. The maximum atomic E-state index is 12.7. The van der Waals surface area contributed by atoms with Gasteiger partial charge in [-0.15, -0.1) is 23.1 Å². The second kappa shape index (κ2) is 7.62. The molecular formula is C19H22N2O2S2. The largest absolute Gasteiger partial charge is 0.365 e. The number of nitrogens with one attached hydrogen (secondary N) is 1. The van der Waals surface area contributed by atoms with E-state index in [-0.39, 0.29) is 5.91 Å². The van der Waals surface area contributed by atoms with Crippen LogP contribution in [0.4, 0.5) is 5.00 Å². The van der Waals surface area contributed by atoms with Crippen LogP contribution in [0, 0.1) is 0 Å². The molecule has 0 spiro atoms. The third kappa shape index (κ3) is 4.07. The summed E-state index contributed by atoms with van der Waals surface area (Å²) in [7, 11) is 0. The Morgan fingerprint density at radius 2 is 2.00 bits per heavy atom. The molecule has 2 amide bonds. The molecule has 1 aliphatic rings. The molecule has 0 atom stereocenters. The maximum Gasteiger partial charge on any atom is 0.256 e. The number of aryl methyl sites for hydroxylation is 1. The average molecular weight is 375 g/mol. The fraction of sp³-hybridized carbons (Fsp3) is 0.368. The van der Waals surface area contributed by atoms with Gasteiger partial charge in [0.15, 0.2) is 0 Å². The van der Waals surface area contributed by atoms with Gasteiger partial charge in [0.05, 0.1) is 5.56 Å². The van der Waals surface area contributed by atoms with E-state index < -0.39 is 5.91 Å². The summed E-state index contributed by atoms with van der Waals surface area (Å²) in [5.41, 5.74) is 7.71. The number of fused-ring (bicyclic) bond motifs is 1. The van der Waals surface area contributed by atoms with Crippen molar-refractivity contribution in [3.63, 3.8) is 0 Å². The van der Waals surface area contributed by atoms with Crippen LogP contribution in [-0.4, -0.2) is 17.1 Å². The molecule has 0 unspecified atom stereocenters.